The third-order valence-corrected chi connectivity index (χ3v) is 5.50. The summed E-state index contributed by atoms with van der Waals surface area (Å²) < 4.78 is 47.7. The van der Waals surface area contributed by atoms with Crippen molar-refractivity contribution in [2.75, 3.05) is 7.11 Å². The molecule has 4 rings (SSSR count). The molecule has 2 amide bonds. The number of amides is 2. The fourth-order valence-electron chi connectivity index (χ4n) is 4.04. The van der Waals surface area contributed by atoms with E-state index in [1.165, 1.54) is 36.8 Å². The van der Waals surface area contributed by atoms with Crippen molar-refractivity contribution in [3.8, 4) is 5.75 Å². The third kappa shape index (κ3) is 3.42. The summed E-state index contributed by atoms with van der Waals surface area (Å²) in [5.41, 5.74) is -3.85. The monoisotopic (exact) mass is 445 g/mol. The van der Waals surface area contributed by atoms with Crippen LogP contribution >= 0.6 is 0 Å². The van der Waals surface area contributed by atoms with E-state index in [1.807, 2.05) is 0 Å². The zero-order valence-corrected chi connectivity index (χ0v) is 16.7. The number of hydrogen-bond acceptors (Lipinski definition) is 5. The second-order valence-electron chi connectivity index (χ2n) is 7.33. The third-order valence-electron chi connectivity index (χ3n) is 5.50. The molecular weight excluding hydrogens is 427 g/mol. The zero-order chi connectivity index (χ0) is 23.1. The van der Waals surface area contributed by atoms with E-state index in [2.05, 4.69) is 10.3 Å². The molecule has 166 valence electrons. The van der Waals surface area contributed by atoms with Crippen LogP contribution in [0.15, 0.2) is 60.9 Å². The maximum Gasteiger partial charge on any atom is 0.437 e. The quantitative estimate of drug-likeness (QED) is 0.535. The van der Waals surface area contributed by atoms with Gasteiger partial charge in [-0.2, -0.15) is 13.2 Å². The van der Waals surface area contributed by atoms with Gasteiger partial charge in [0.2, 0.25) is 5.72 Å². The predicted octanol–water partition coefficient (Wildman–Crippen LogP) is 3.35. The molecule has 2 heterocycles. The van der Waals surface area contributed by atoms with Gasteiger partial charge in [-0.15, -0.1) is 0 Å². The fraction of sp³-hybridized carbons (Fsp3) is 0.227. The summed E-state index contributed by atoms with van der Waals surface area (Å²) in [6.45, 7) is 0. The Morgan fingerprint density at radius 3 is 2.56 bits per heavy atom. The standard InChI is InChI=1S/C22H18F3N3O4/c1-32-15-9-8-12-5-2-3-7-14(12)16(15)18-17(19(29)13-6-4-10-26-11-13)21(31,22(23,24)25)28-20(30)27-18/h2-11,17-18,31H,1H3,(H2,27,28,30)/t17-,18-,21-/m0/s1. The number of nitrogens with zero attached hydrogens (tertiary/aromatic N) is 1. The van der Waals surface area contributed by atoms with Gasteiger partial charge in [0.25, 0.3) is 0 Å². The molecule has 7 nitrogen and oxygen atoms in total. The van der Waals surface area contributed by atoms with Gasteiger partial charge < -0.3 is 20.5 Å². The molecular formula is C22H18F3N3O4. The fourth-order valence-corrected chi connectivity index (χ4v) is 4.04. The van der Waals surface area contributed by atoms with E-state index >= 15 is 0 Å². The van der Waals surface area contributed by atoms with Gasteiger partial charge in [-0.3, -0.25) is 9.78 Å². The van der Waals surface area contributed by atoms with Crippen molar-refractivity contribution < 1.29 is 32.6 Å². The summed E-state index contributed by atoms with van der Waals surface area (Å²) in [5, 5.41) is 15.8. The Labute approximate surface area is 180 Å². The van der Waals surface area contributed by atoms with Crippen molar-refractivity contribution in [1.29, 1.82) is 0 Å². The van der Waals surface area contributed by atoms with E-state index in [4.69, 9.17) is 4.74 Å². The predicted molar refractivity (Wildman–Crippen MR) is 108 cm³/mol. The first-order valence-corrected chi connectivity index (χ1v) is 9.55. The van der Waals surface area contributed by atoms with E-state index in [0.29, 0.717) is 10.8 Å². The number of rotatable bonds is 4. The van der Waals surface area contributed by atoms with E-state index in [9.17, 15) is 27.9 Å². The number of aliphatic hydroxyl groups is 1. The first-order valence-electron chi connectivity index (χ1n) is 9.55. The highest BCUT2D eigenvalue weighted by atomic mass is 19.4. The van der Waals surface area contributed by atoms with Crippen LogP contribution in [-0.2, 0) is 0 Å². The molecule has 1 fully saturated rings. The smallest absolute Gasteiger partial charge is 0.437 e. The molecule has 10 heteroatoms. The molecule has 32 heavy (non-hydrogen) atoms. The molecule has 0 unspecified atom stereocenters. The zero-order valence-electron chi connectivity index (χ0n) is 16.7. The number of methoxy groups -OCH3 is 1. The topological polar surface area (TPSA) is 101 Å². The van der Waals surface area contributed by atoms with Gasteiger partial charge in [-0.05, 0) is 29.0 Å². The number of carbonyl (C=O) groups is 2. The molecule has 3 aromatic rings. The molecule has 0 aliphatic carbocycles. The number of ether oxygens (including phenoxy) is 1. The van der Waals surface area contributed by atoms with Crippen LogP contribution in [0.25, 0.3) is 10.8 Å². The summed E-state index contributed by atoms with van der Waals surface area (Å²) in [7, 11) is 1.32. The highest BCUT2D eigenvalue weighted by Gasteiger charge is 2.66. The number of benzene rings is 2. The van der Waals surface area contributed by atoms with Gasteiger partial charge in [0, 0.05) is 23.5 Å². The summed E-state index contributed by atoms with van der Waals surface area (Å²) in [4.78, 5) is 29.4. The molecule has 2 aromatic carbocycles. The summed E-state index contributed by atoms with van der Waals surface area (Å²) >= 11 is 0. The Hall–Kier alpha value is -3.66. The molecule has 3 atom stereocenters. The van der Waals surface area contributed by atoms with Crippen molar-refractivity contribution in [3.63, 3.8) is 0 Å². The second kappa shape index (κ2) is 7.79. The molecule has 1 aliphatic rings. The van der Waals surface area contributed by atoms with E-state index in [-0.39, 0.29) is 16.9 Å². The van der Waals surface area contributed by atoms with Gasteiger partial charge in [-0.25, -0.2) is 4.79 Å². The van der Waals surface area contributed by atoms with Gasteiger partial charge in [0.15, 0.2) is 5.78 Å². The van der Waals surface area contributed by atoms with Gasteiger partial charge in [0.1, 0.15) is 11.7 Å². The summed E-state index contributed by atoms with van der Waals surface area (Å²) in [6.07, 6.45) is -2.89. The molecule has 0 radical (unpaired) electrons. The second-order valence-corrected chi connectivity index (χ2v) is 7.33. The number of hydrogen-bond donors (Lipinski definition) is 3. The molecule has 1 saturated heterocycles. The summed E-state index contributed by atoms with van der Waals surface area (Å²) in [5.74, 6) is -3.07. The van der Waals surface area contributed by atoms with Crippen molar-refractivity contribution in [2.24, 2.45) is 5.92 Å². The minimum atomic E-state index is -5.36. The van der Waals surface area contributed by atoms with Crippen molar-refractivity contribution in [2.45, 2.75) is 17.9 Å². The lowest BCUT2D eigenvalue weighted by molar-refractivity contribution is -0.287. The number of halogens is 3. The van der Waals surface area contributed by atoms with Crippen LogP contribution in [0.2, 0.25) is 0 Å². The number of fused-ring (bicyclic) bond motifs is 1. The molecule has 0 bridgehead atoms. The Balaban J connectivity index is 2.00. The number of urea groups is 1. The van der Waals surface area contributed by atoms with E-state index in [1.54, 1.807) is 30.3 Å². The van der Waals surface area contributed by atoms with Crippen molar-refractivity contribution >= 4 is 22.6 Å². The maximum atomic E-state index is 14.1. The van der Waals surface area contributed by atoms with Crippen LogP contribution in [0.4, 0.5) is 18.0 Å². The number of carbonyl (C=O) groups excluding carboxylic acids is 2. The number of alkyl halides is 3. The molecule has 1 aliphatic heterocycles. The molecule has 0 saturated carbocycles. The van der Waals surface area contributed by atoms with Crippen LogP contribution in [0, 0.1) is 5.92 Å². The van der Waals surface area contributed by atoms with Crippen LogP contribution in [0.3, 0.4) is 0 Å². The highest BCUT2D eigenvalue weighted by molar-refractivity contribution is 6.01. The Kier molecular flexibility index (Phi) is 5.25. The number of ketones is 1. The van der Waals surface area contributed by atoms with Crippen LogP contribution in [0.5, 0.6) is 5.75 Å². The van der Waals surface area contributed by atoms with Crippen LogP contribution in [-0.4, -0.2) is 40.9 Å². The van der Waals surface area contributed by atoms with E-state index < -0.39 is 35.7 Å². The average molecular weight is 445 g/mol. The largest absolute Gasteiger partial charge is 0.496 e. The maximum absolute atomic E-state index is 14.1. The first-order chi connectivity index (χ1) is 15.2. The Morgan fingerprint density at radius 2 is 1.91 bits per heavy atom. The normalized spacial score (nSPS) is 23.3. The molecule has 1 aromatic heterocycles. The molecule has 0 spiro atoms. The Morgan fingerprint density at radius 1 is 1.16 bits per heavy atom. The number of aromatic nitrogens is 1. The van der Waals surface area contributed by atoms with Crippen molar-refractivity contribution in [1.82, 2.24) is 15.6 Å². The number of nitrogens with one attached hydrogen (secondary N) is 2. The lowest BCUT2D eigenvalue weighted by atomic mass is 9.76. The first kappa shape index (κ1) is 21.6. The minimum absolute atomic E-state index is 0.144. The van der Waals surface area contributed by atoms with Gasteiger partial charge in [0.05, 0.1) is 13.2 Å². The minimum Gasteiger partial charge on any atom is -0.496 e. The number of Topliss-reactive ketones (excluding diaryl/α,β-unsaturated/α-hetero) is 1. The van der Waals surface area contributed by atoms with Crippen LogP contribution in [0.1, 0.15) is 22.0 Å². The highest BCUT2D eigenvalue weighted by Crippen LogP contribution is 2.47. The average Bonchev–Trinajstić information content (AvgIpc) is 2.77. The van der Waals surface area contributed by atoms with Crippen LogP contribution < -0.4 is 15.4 Å². The number of pyridine rings is 1. The SMILES string of the molecule is COc1ccc2ccccc2c1[C@@H]1NC(=O)N[C@@](O)(C(F)(F)F)[C@@H]1C(=O)c1cccnc1. The lowest BCUT2D eigenvalue weighted by Gasteiger charge is -2.45. The van der Waals surface area contributed by atoms with Crippen molar-refractivity contribution in [3.05, 3.63) is 72.1 Å². The van der Waals surface area contributed by atoms with E-state index in [0.717, 1.165) is 6.20 Å². The molecule has 3 N–H and O–H groups in total. The van der Waals surface area contributed by atoms with Gasteiger partial charge >= 0.3 is 12.2 Å². The lowest BCUT2D eigenvalue weighted by Crippen LogP contribution is -2.72. The Bertz CT molecular complexity index is 1190. The summed E-state index contributed by atoms with van der Waals surface area (Å²) in [6, 6.07) is 9.85. The van der Waals surface area contributed by atoms with Gasteiger partial charge in [-0.1, -0.05) is 30.3 Å².